The third-order valence-corrected chi connectivity index (χ3v) is 5.86. The van der Waals surface area contributed by atoms with Gasteiger partial charge in [-0.3, -0.25) is 4.79 Å². The lowest BCUT2D eigenvalue weighted by atomic mass is 10.0. The number of carboxylic acids is 1. The summed E-state index contributed by atoms with van der Waals surface area (Å²) < 4.78 is 45.7. The molecular formula is C24H26F4N2O3. The first kappa shape index (κ1) is 24.7. The number of benzene rings is 2. The van der Waals surface area contributed by atoms with Crippen molar-refractivity contribution >= 4 is 11.9 Å². The van der Waals surface area contributed by atoms with Gasteiger partial charge in [0, 0.05) is 30.3 Å². The molecule has 2 aliphatic rings. The first-order valence-electron chi connectivity index (χ1n) is 10.8. The smallest absolute Gasteiger partial charge is 0.475 e. The monoisotopic (exact) mass is 466 g/mol. The van der Waals surface area contributed by atoms with E-state index in [1.54, 1.807) is 12.1 Å². The van der Waals surface area contributed by atoms with Gasteiger partial charge in [0.25, 0.3) is 5.91 Å². The fourth-order valence-electron chi connectivity index (χ4n) is 4.21. The number of carbonyl (C=O) groups excluding carboxylic acids is 1. The van der Waals surface area contributed by atoms with Crippen LogP contribution in [-0.4, -0.2) is 65.2 Å². The summed E-state index contributed by atoms with van der Waals surface area (Å²) in [5, 5.41) is 7.12. The van der Waals surface area contributed by atoms with Crippen LogP contribution in [0.4, 0.5) is 17.6 Å². The largest absolute Gasteiger partial charge is 0.490 e. The molecule has 2 saturated heterocycles. The minimum Gasteiger partial charge on any atom is -0.475 e. The molecule has 4 rings (SSSR count). The molecule has 2 heterocycles. The number of hydrogen-bond donors (Lipinski definition) is 1. The fraction of sp³-hybridized carbons (Fsp3) is 0.417. The highest BCUT2D eigenvalue weighted by molar-refractivity contribution is 5.95. The SMILES string of the molecule is O=C(O)C(F)(F)F.O=C(c1ccc(-c2ccccc2F)cc1)N1CCC[C@H]1CN1CCCC1. The van der Waals surface area contributed by atoms with Crippen LogP contribution >= 0.6 is 0 Å². The normalized spacial score (nSPS) is 18.7. The van der Waals surface area contributed by atoms with Gasteiger partial charge in [-0.2, -0.15) is 13.2 Å². The molecule has 5 nitrogen and oxygen atoms in total. The van der Waals surface area contributed by atoms with Crippen LogP contribution in [0.2, 0.25) is 0 Å². The van der Waals surface area contributed by atoms with Gasteiger partial charge in [-0.05, 0) is 62.5 Å². The molecule has 0 radical (unpaired) electrons. The molecule has 0 aromatic heterocycles. The number of carbonyl (C=O) groups is 2. The minimum atomic E-state index is -5.08. The van der Waals surface area contributed by atoms with Crippen LogP contribution in [0, 0.1) is 5.82 Å². The van der Waals surface area contributed by atoms with Crippen LogP contribution < -0.4 is 0 Å². The summed E-state index contributed by atoms with van der Waals surface area (Å²) in [6.45, 7) is 4.16. The van der Waals surface area contributed by atoms with Gasteiger partial charge in [0.2, 0.25) is 0 Å². The molecule has 0 unspecified atom stereocenters. The molecule has 1 amide bonds. The van der Waals surface area contributed by atoms with Crippen LogP contribution in [0.3, 0.4) is 0 Å². The standard InChI is InChI=1S/C22H25FN2O.C2HF3O2/c23-21-8-2-1-7-20(21)17-9-11-18(12-10-17)22(26)25-15-5-6-19(25)16-24-13-3-4-14-24;3-2(4,5)1(6)7/h1-2,7-12,19H,3-6,13-16H2;(H,6,7)/t19-;/m0./s1. The molecule has 2 aromatic rings. The van der Waals surface area contributed by atoms with Gasteiger partial charge < -0.3 is 14.9 Å². The van der Waals surface area contributed by atoms with Crippen LogP contribution in [-0.2, 0) is 4.79 Å². The van der Waals surface area contributed by atoms with E-state index in [1.807, 2.05) is 35.2 Å². The number of nitrogens with zero attached hydrogens (tertiary/aromatic N) is 2. The van der Waals surface area contributed by atoms with Crippen molar-refractivity contribution < 1.29 is 32.3 Å². The lowest BCUT2D eigenvalue weighted by molar-refractivity contribution is -0.192. The molecule has 33 heavy (non-hydrogen) atoms. The maximum atomic E-state index is 13.9. The lowest BCUT2D eigenvalue weighted by Crippen LogP contribution is -2.42. The highest BCUT2D eigenvalue weighted by Gasteiger charge is 2.38. The Morgan fingerprint density at radius 1 is 0.939 bits per heavy atom. The molecule has 2 fully saturated rings. The average Bonchev–Trinajstić information content (AvgIpc) is 3.46. The fourth-order valence-corrected chi connectivity index (χ4v) is 4.21. The number of alkyl halides is 3. The number of hydrogen-bond acceptors (Lipinski definition) is 3. The third kappa shape index (κ3) is 6.54. The van der Waals surface area contributed by atoms with E-state index in [0.29, 0.717) is 17.2 Å². The molecule has 1 N–H and O–H groups in total. The first-order chi connectivity index (χ1) is 15.7. The zero-order valence-corrected chi connectivity index (χ0v) is 18.0. The van der Waals surface area contributed by atoms with Crippen molar-refractivity contribution in [2.75, 3.05) is 26.2 Å². The van der Waals surface area contributed by atoms with Crippen LogP contribution in [0.15, 0.2) is 48.5 Å². The first-order valence-corrected chi connectivity index (χ1v) is 10.8. The van der Waals surface area contributed by atoms with Crippen LogP contribution in [0.25, 0.3) is 11.1 Å². The summed E-state index contributed by atoms with van der Waals surface area (Å²) in [4.78, 5) is 26.4. The van der Waals surface area contributed by atoms with Gasteiger partial charge in [0.1, 0.15) is 5.82 Å². The molecule has 2 aliphatic heterocycles. The second-order valence-electron chi connectivity index (χ2n) is 8.16. The van der Waals surface area contributed by atoms with E-state index in [2.05, 4.69) is 4.90 Å². The average molecular weight is 466 g/mol. The molecule has 0 aliphatic carbocycles. The number of rotatable bonds is 4. The highest BCUT2D eigenvalue weighted by Crippen LogP contribution is 2.26. The van der Waals surface area contributed by atoms with Crippen molar-refractivity contribution in [1.29, 1.82) is 0 Å². The zero-order valence-electron chi connectivity index (χ0n) is 18.0. The molecule has 0 bridgehead atoms. The number of likely N-dealkylation sites (tertiary alicyclic amines) is 2. The van der Waals surface area contributed by atoms with Gasteiger partial charge in [-0.25, -0.2) is 9.18 Å². The zero-order chi connectivity index (χ0) is 24.0. The second-order valence-corrected chi connectivity index (χ2v) is 8.16. The predicted octanol–water partition coefficient (Wildman–Crippen LogP) is 4.83. The Bertz CT molecular complexity index is 957. The van der Waals surface area contributed by atoms with Gasteiger partial charge in [-0.15, -0.1) is 0 Å². The van der Waals surface area contributed by atoms with Crippen LogP contribution in [0.1, 0.15) is 36.0 Å². The van der Waals surface area contributed by atoms with Gasteiger partial charge >= 0.3 is 12.1 Å². The molecule has 2 aromatic carbocycles. The second kappa shape index (κ2) is 10.8. The number of aliphatic carboxylic acids is 1. The van der Waals surface area contributed by atoms with Crippen molar-refractivity contribution in [3.63, 3.8) is 0 Å². The summed E-state index contributed by atoms with van der Waals surface area (Å²) in [5.74, 6) is -2.89. The molecule has 9 heteroatoms. The number of carboxylic acid groups (broad SMARTS) is 1. The summed E-state index contributed by atoms with van der Waals surface area (Å²) >= 11 is 0. The van der Waals surface area contributed by atoms with E-state index in [1.165, 1.54) is 18.9 Å². The number of amides is 1. The Morgan fingerprint density at radius 2 is 1.55 bits per heavy atom. The Balaban J connectivity index is 0.000000383. The van der Waals surface area contributed by atoms with E-state index in [-0.39, 0.29) is 11.7 Å². The summed E-state index contributed by atoms with van der Waals surface area (Å²) in [5.41, 5.74) is 2.06. The molecule has 1 atom stereocenters. The Kier molecular flexibility index (Phi) is 8.07. The van der Waals surface area contributed by atoms with Gasteiger partial charge in [0.05, 0.1) is 0 Å². The summed E-state index contributed by atoms with van der Waals surface area (Å²) in [6.07, 6.45) is -0.358. The molecule has 178 valence electrons. The molecule has 0 saturated carbocycles. The minimum absolute atomic E-state index is 0.104. The Hall–Kier alpha value is -2.94. The summed E-state index contributed by atoms with van der Waals surface area (Å²) in [6, 6.07) is 14.4. The van der Waals surface area contributed by atoms with Crippen LogP contribution in [0.5, 0.6) is 0 Å². The lowest BCUT2D eigenvalue weighted by Gasteiger charge is -2.28. The number of halogens is 4. The van der Waals surface area contributed by atoms with Gasteiger partial charge in [0.15, 0.2) is 0 Å². The van der Waals surface area contributed by atoms with E-state index in [9.17, 15) is 22.4 Å². The van der Waals surface area contributed by atoms with E-state index in [4.69, 9.17) is 9.90 Å². The molecule has 0 spiro atoms. The van der Waals surface area contributed by atoms with Crippen molar-refractivity contribution in [3.05, 3.63) is 59.9 Å². The van der Waals surface area contributed by atoms with Crippen molar-refractivity contribution in [2.45, 2.75) is 37.9 Å². The molecular weight excluding hydrogens is 440 g/mol. The maximum Gasteiger partial charge on any atom is 0.490 e. The Morgan fingerprint density at radius 3 is 2.12 bits per heavy atom. The summed E-state index contributed by atoms with van der Waals surface area (Å²) in [7, 11) is 0. The Labute approximate surface area is 189 Å². The quantitative estimate of drug-likeness (QED) is 0.656. The van der Waals surface area contributed by atoms with Crippen molar-refractivity contribution in [1.82, 2.24) is 9.80 Å². The highest BCUT2D eigenvalue weighted by atomic mass is 19.4. The topological polar surface area (TPSA) is 60.9 Å². The van der Waals surface area contributed by atoms with E-state index >= 15 is 0 Å². The van der Waals surface area contributed by atoms with E-state index < -0.39 is 12.1 Å². The van der Waals surface area contributed by atoms with Crippen molar-refractivity contribution in [3.8, 4) is 11.1 Å². The van der Waals surface area contributed by atoms with Gasteiger partial charge in [-0.1, -0.05) is 30.3 Å². The van der Waals surface area contributed by atoms with Crippen molar-refractivity contribution in [2.24, 2.45) is 0 Å². The predicted molar refractivity (Wildman–Crippen MR) is 115 cm³/mol. The van der Waals surface area contributed by atoms with E-state index in [0.717, 1.165) is 44.6 Å². The third-order valence-electron chi connectivity index (χ3n) is 5.86. The maximum absolute atomic E-state index is 13.9.